The van der Waals surface area contributed by atoms with Gasteiger partial charge in [-0.05, 0) is 76.2 Å². The van der Waals surface area contributed by atoms with Gasteiger partial charge in [-0.1, -0.05) is 32.0 Å². The lowest BCUT2D eigenvalue weighted by Crippen LogP contribution is -2.56. The van der Waals surface area contributed by atoms with Crippen molar-refractivity contribution >= 4 is 16.8 Å². The van der Waals surface area contributed by atoms with E-state index in [1.165, 1.54) is 6.07 Å². The highest BCUT2D eigenvalue weighted by Crippen LogP contribution is 2.32. The first-order valence-corrected chi connectivity index (χ1v) is 12.4. The molecule has 1 aliphatic heterocycles. The van der Waals surface area contributed by atoms with Gasteiger partial charge in [-0.15, -0.1) is 0 Å². The summed E-state index contributed by atoms with van der Waals surface area (Å²) in [5.41, 5.74) is 8.30. The van der Waals surface area contributed by atoms with Crippen LogP contribution < -0.4 is 5.73 Å². The molecular weight excluding hydrogens is 446 g/mol. The SMILES string of the molecule is CCN(CC)CCC(C)(N)C1CCCN1C(=O)c1cc(-c2ccc(F)c(F)c2)nc2ccccc12. The topological polar surface area (TPSA) is 62.5 Å². The van der Waals surface area contributed by atoms with Crippen LogP contribution in [0.1, 0.15) is 50.4 Å². The van der Waals surface area contributed by atoms with Crippen molar-refractivity contribution in [3.8, 4) is 11.3 Å². The zero-order valence-electron chi connectivity index (χ0n) is 20.7. The second-order valence-electron chi connectivity index (χ2n) is 9.64. The Bertz CT molecular complexity index is 1210. The van der Waals surface area contributed by atoms with Gasteiger partial charge in [0.2, 0.25) is 0 Å². The third-order valence-electron chi connectivity index (χ3n) is 7.30. The van der Waals surface area contributed by atoms with Crippen LogP contribution in [0.4, 0.5) is 8.78 Å². The molecule has 0 spiro atoms. The summed E-state index contributed by atoms with van der Waals surface area (Å²) in [5.74, 6) is -1.97. The van der Waals surface area contributed by atoms with Crippen molar-refractivity contribution in [3.63, 3.8) is 0 Å². The van der Waals surface area contributed by atoms with E-state index < -0.39 is 17.2 Å². The standard InChI is InChI=1S/C28H34F2N4O/c1-4-33(5-2)16-14-28(3,31)26-11-8-15-34(26)27(35)21-18-25(19-12-13-22(29)23(30)17-19)32-24-10-7-6-9-20(21)24/h6-7,9-10,12-13,17-18,26H,4-5,8,11,14-16,31H2,1-3H3. The van der Waals surface area contributed by atoms with Gasteiger partial charge in [-0.25, -0.2) is 13.8 Å². The predicted octanol–water partition coefficient (Wildman–Crippen LogP) is 5.23. The lowest BCUT2D eigenvalue weighted by atomic mass is 9.87. The Kier molecular flexibility index (Phi) is 7.47. The molecule has 2 unspecified atom stereocenters. The highest BCUT2D eigenvalue weighted by molar-refractivity contribution is 6.07. The number of para-hydroxylation sites is 1. The fourth-order valence-corrected chi connectivity index (χ4v) is 5.11. The highest BCUT2D eigenvalue weighted by Gasteiger charge is 2.40. The molecule has 35 heavy (non-hydrogen) atoms. The van der Waals surface area contributed by atoms with Gasteiger partial charge in [-0.2, -0.15) is 0 Å². The van der Waals surface area contributed by atoms with Crippen molar-refractivity contribution in [2.24, 2.45) is 5.73 Å². The highest BCUT2D eigenvalue weighted by atomic mass is 19.2. The lowest BCUT2D eigenvalue weighted by Gasteiger charge is -2.39. The number of rotatable bonds is 8. The molecule has 1 aromatic heterocycles. The fraction of sp³-hybridized carbons (Fsp3) is 0.429. The summed E-state index contributed by atoms with van der Waals surface area (Å²) in [7, 11) is 0. The molecule has 0 radical (unpaired) electrons. The summed E-state index contributed by atoms with van der Waals surface area (Å²) < 4.78 is 27.5. The largest absolute Gasteiger partial charge is 0.334 e. The third-order valence-corrected chi connectivity index (χ3v) is 7.30. The van der Waals surface area contributed by atoms with E-state index in [0.29, 0.717) is 28.9 Å². The van der Waals surface area contributed by atoms with Crippen molar-refractivity contribution in [1.82, 2.24) is 14.8 Å². The van der Waals surface area contributed by atoms with E-state index in [4.69, 9.17) is 5.73 Å². The van der Waals surface area contributed by atoms with Crippen LogP contribution in [0, 0.1) is 11.6 Å². The maximum absolute atomic E-state index is 14.0. The Labute approximate surface area is 205 Å². The van der Waals surface area contributed by atoms with Crippen molar-refractivity contribution < 1.29 is 13.6 Å². The third kappa shape index (κ3) is 5.21. The molecule has 0 bridgehead atoms. The molecule has 1 aliphatic rings. The van der Waals surface area contributed by atoms with E-state index in [0.717, 1.165) is 56.4 Å². The Hall–Kier alpha value is -2.90. The van der Waals surface area contributed by atoms with Crippen LogP contribution in [-0.2, 0) is 0 Å². The maximum atomic E-state index is 14.0. The van der Waals surface area contributed by atoms with Gasteiger partial charge < -0.3 is 15.5 Å². The summed E-state index contributed by atoms with van der Waals surface area (Å²) >= 11 is 0. The molecule has 186 valence electrons. The number of carbonyl (C=O) groups excluding carboxylic acids is 1. The van der Waals surface area contributed by atoms with Gasteiger partial charge in [-0.3, -0.25) is 4.79 Å². The first-order valence-electron chi connectivity index (χ1n) is 12.4. The molecule has 3 aromatic rings. The molecule has 0 saturated carbocycles. The van der Waals surface area contributed by atoms with Crippen LogP contribution in [0.3, 0.4) is 0 Å². The summed E-state index contributed by atoms with van der Waals surface area (Å²) in [6.45, 7) is 9.79. The number of hydrogen-bond acceptors (Lipinski definition) is 4. The summed E-state index contributed by atoms with van der Waals surface area (Å²) in [5, 5.41) is 0.733. The van der Waals surface area contributed by atoms with Crippen LogP contribution in [0.25, 0.3) is 22.2 Å². The van der Waals surface area contributed by atoms with Crippen LogP contribution in [0.2, 0.25) is 0 Å². The Morgan fingerprint density at radius 1 is 1.14 bits per heavy atom. The number of fused-ring (bicyclic) bond motifs is 1. The number of likely N-dealkylation sites (tertiary alicyclic amines) is 1. The van der Waals surface area contributed by atoms with Crippen molar-refractivity contribution in [1.29, 1.82) is 0 Å². The monoisotopic (exact) mass is 480 g/mol. The smallest absolute Gasteiger partial charge is 0.254 e. The number of aromatic nitrogens is 1. The van der Waals surface area contributed by atoms with E-state index in [9.17, 15) is 13.6 Å². The van der Waals surface area contributed by atoms with Crippen LogP contribution in [0.5, 0.6) is 0 Å². The van der Waals surface area contributed by atoms with Crippen molar-refractivity contribution in [2.45, 2.75) is 51.6 Å². The predicted molar refractivity (Wildman–Crippen MR) is 136 cm³/mol. The zero-order chi connectivity index (χ0) is 25.2. The van der Waals surface area contributed by atoms with Gasteiger partial charge in [0.1, 0.15) is 0 Å². The molecule has 2 atom stereocenters. The first-order chi connectivity index (χ1) is 16.7. The normalized spacial score (nSPS) is 17.8. The second-order valence-corrected chi connectivity index (χ2v) is 9.64. The number of nitrogens with two attached hydrogens (primary N) is 1. The molecule has 2 N–H and O–H groups in total. The molecule has 2 aromatic carbocycles. The fourth-order valence-electron chi connectivity index (χ4n) is 5.11. The van der Waals surface area contributed by atoms with Gasteiger partial charge in [0.25, 0.3) is 5.91 Å². The van der Waals surface area contributed by atoms with Crippen LogP contribution in [0.15, 0.2) is 48.5 Å². The number of nitrogens with zero attached hydrogens (tertiary/aromatic N) is 3. The minimum absolute atomic E-state index is 0.0794. The van der Waals surface area contributed by atoms with E-state index in [-0.39, 0.29) is 11.9 Å². The molecule has 5 nitrogen and oxygen atoms in total. The van der Waals surface area contributed by atoms with E-state index in [1.807, 2.05) is 36.1 Å². The Morgan fingerprint density at radius 3 is 2.60 bits per heavy atom. The zero-order valence-corrected chi connectivity index (χ0v) is 20.7. The minimum atomic E-state index is -0.947. The van der Waals surface area contributed by atoms with Gasteiger partial charge in [0.15, 0.2) is 11.6 Å². The Balaban J connectivity index is 1.70. The number of halogens is 2. The first kappa shape index (κ1) is 25.2. The van der Waals surface area contributed by atoms with Crippen LogP contribution in [-0.4, -0.2) is 58.5 Å². The maximum Gasteiger partial charge on any atom is 0.254 e. The number of amides is 1. The quantitative estimate of drug-likeness (QED) is 0.479. The van der Waals surface area contributed by atoms with Crippen molar-refractivity contribution in [3.05, 3.63) is 65.7 Å². The lowest BCUT2D eigenvalue weighted by molar-refractivity contribution is 0.0657. The van der Waals surface area contributed by atoms with E-state index in [1.54, 1.807) is 6.07 Å². The number of pyridine rings is 1. The average molecular weight is 481 g/mol. The molecule has 2 heterocycles. The van der Waals surface area contributed by atoms with E-state index >= 15 is 0 Å². The summed E-state index contributed by atoms with van der Waals surface area (Å²) in [6, 6.07) is 12.7. The molecule has 7 heteroatoms. The average Bonchev–Trinajstić information content (AvgIpc) is 3.36. The van der Waals surface area contributed by atoms with Gasteiger partial charge >= 0.3 is 0 Å². The molecule has 1 fully saturated rings. The summed E-state index contributed by atoms with van der Waals surface area (Å²) in [4.78, 5) is 22.8. The summed E-state index contributed by atoms with van der Waals surface area (Å²) in [6.07, 6.45) is 2.55. The number of carbonyl (C=O) groups is 1. The molecule has 1 amide bonds. The van der Waals surface area contributed by atoms with E-state index in [2.05, 4.69) is 23.7 Å². The minimum Gasteiger partial charge on any atom is -0.334 e. The molecule has 4 rings (SSSR count). The molecule has 1 saturated heterocycles. The van der Waals surface area contributed by atoms with Gasteiger partial charge in [0, 0.05) is 29.1 Å². The van der Waals surface area contributed by atoms with Gasteiger partial charge in [0.05, 0.1) is 16.8 Å². The number of hydrogen-bond donors (Lipinski definition) is 1. The van der Waals surface area contributed by atoms with Crippen molar-refractivity contribution in [2.75, 3.05) is 26.2 Å². The molecule has 0 aliphatic carbocycles. The second kappa shape index (κ2) is 10.4. The van der Waals surface area contributed by atoms with Crippen LogP contribution >= 0.6 is 0 Å². The molecular formula is C28H34F2N4O. The Morgan fingerprint density at radius 2 is 1.89 bits per heavy atom. The number of benzene rings is 2.